The molecule has 1 unspecified atom stereocenters. The number of hydrogen-bond donors (Lipinski definition) is 1. The van der Waals surface area contributed by atoms with E-state index in [-0.39, 0.29) is 5.92 Å². The van der Waals surface area contributed by atoms with Crippen LogP contribution in [-0.4, -0.2) is 23.9 Å². The monoisotopic (exact) mass is 377 g/mol. The van der Waals surface area contributed by atoms with Gasteiger partial charge in [-0.1, -0.05) is 24.6 Å². The first-order valence-corrected chi connectivity index (χ1v) is 9.34. The van der Waals surface area contributed by atoms with Gasteiger partial charge in [0.15, 0.2) is 0 Å². The number of ether oxygens (including phenoxy) is 1. The predicted octanol–water partition coefficient (Wildman–Crippen LogP) is 6.35. The van der Waals surface area contributed by atoms with Crippen LogP contribution in [0.2, 0.25) is 0 Å². The van der Waals surface area contributed by atoms with Crippen molar-refractivity contribution in [1.82, 2.24) is 4.98 Å². The van der Waals surface area contributed by atoms with Crippen LogP contribution in [-0.2, 0) is 0 Å². The summed E-state index contributed by atoms with van der Waals surface area (Å²) < 4.78 is 29.7. The Hall–Kier alpha value is -2.07. The van der Waals surface area contributed by atoms with E-state index in [1.54, 1.807) is 12.1 Å². The van der Waals surface area contributed by atoms with Crippen LogP contribution in [0.15, 0.2) is 54.7 Å². The molecule has 0 spiro atoms. The lowest BCUT2D eigenvalue weighted by Gasteiger charge is -2.19. The van der Waals surface area contributed by atoms with E-state index in [0.29, 0.717) is 11.6 Å². The molecule has 1 atom stereocenters. The minimum Gasteiger partial charge on any atom is -0.488 e. The topological polar surface area (TPSA) is 25.0 Å². The molecule has 0 bridgehead atoms. The van der Waals surface area contributed by atoms with E-state index in [9.17, 15) is 8.78 Å². The molecule has 26 heavy (non-hydrogen) atoms. The van der Waals surface area contributed by atoms with E-state index < -0.39 is 13.0 Å². The smallest absolute Gasteiger partial charge is 0.272 e. The van der Waals surface area contributed by atoms with Crippen LogP contribution in [0.25, 0.3) is 10.9 Å². The maximum Gasteiger partial charge on any atom is 0.272 e. The average Bonchev–Trinajstić information content (AvgIpc) is 3.12. The van der Waals surface area contributed by atoms with Gasteiger partial charge in [0.2, 0.25) is 0 Å². The van der Waals surface area contributed by atoms with E-state index in [1.807, 2.05) is 18.3 Å². The first kappa shape index (κ1) is 18.7. The molecule has 1 heterocycles. The summed E-state index contributed by atoms with van der Waals surface area (Å²) >= 11 is 5.84. The lowest BCUT2D eigenvalue weighted by atomic mass is 9.86. The highest BCUT2D eigenvalue weighted by molar-refractivity contribution is 6.17. The predicted molar refractivity (Wildman–Crippen MR) is 103 cm³/mol. The van der Waals surface area contributed by atoms with Gasteiger partial charge in [0.1, 0.15) is 12.4 Å². The summed E-state index contributed by atoms with van der Waals surface area (Å²) in [5.74, 6) is 1.36. The van der Waals surface area contributed by atoms with E-state index in [1.165, 1.54) is 10.9 Å². The fraction of sp³-hybridized carbons (Fsp3) is 0.333. The molecule has 1 aromatic heterocycles. The number of unbranched alkanes of at least 4 members (excludes halogenated alkanes) is 1. The molecule has 0 amide bonds. The molecule has 1 N–H and O–H groups in total. The number of aromatic amines is 1. The van der Waals surface area contributed by atoms with Crippen molar-refractivity contribution in [2.75, 3.05) is 12.5 Å². The summed E-state index contributed by atoms with van der Waals surface area (Å²) in [4.78, 5) is 3.21. The van der Waals surface area contributed by atoms with Gasteiger partial charge >= 0.3 is 0 Å². The average molecular weight is 378 g/mol. The summed E-state index contributed by atoms with van der Waals surface area (Å²) in [5.41, 5.74) is 3.51. The highest BCUT2D eigenvalue weighted by atomic mass is 35.5. The number of H-pyrrole nitrogens is 1. The maximum absolute atomic E-state index is 12.3. The number of rotatable bonds is 9. The first-order valence-electron chi connectivity index (χ1n) is 8.81. The van der Waals surface area contributed by atoms with Gasteiger partial charge in [-0.3, -0.25) is 0 Å². The Morgan fingerprint density at radius 2 is 1.73 bits per heavy atom. The number of halogens is 3. The van der Waals surface area contributed by atoms with Gasteiger partial charge in [-0.15, -0.1) is 11.6 Å². The third-order valence-electron chi connectivity index (χ3n) is 4.51. The molecular weight excluding hydrogens is 356 g/mol. The molecule has 2 nitrogen and oxygen atoms in total. The Morgan fingerprint density at radius 3 is 2.46 bits per heavy atom. The van der Waals surface area contributed by atoms with E-state index in [0.717, 1.165) is 30.3 Å². The molecule has 0 aliphatic carbocycles. The third kappa shape index (κ3) is 4.76. The zero-order valence-electron chi connectivity index (χ0n) is 14.4. The molecule has 0 aliphatic rings. The second-order valence-electron chi connectivity index (χ2n) is 6.33. The molecule has 0 radical (unpaired) electrons. The summed E-state index contributed by atoms with van der Waals surface area (Å²) in [7, 11) is 0. The molecule has 2 aromatic carbocycles. The van der Waals surface area contributed by atoms with Crippen LogP contribution in [0, 0.1) is 0 Å². The number of aromatic nitrogens is 1. The Morgan fingerprint density at radius 1 is 0.962 bits per heavy atom. The van der Waals surface area contributed by atoms with Crippen molar-refractivity contribution in [2.24, 2.45) is 0 Å². The van der Waals surface area contributed by atoms with Gasteiger partial charge in [0, 0.05) is 23.5 Å². The lowest BCUT2D eigenvalue weighted by molar-refractivity contribution is 0.0819. The minimum atomic E-state index is -2.47. The van der Waals surface area contributed by atoms with Crippen LogP contribution < -0.4 is 4.74 Å². The summed E-state index contributed by atoms with van der Waals surface area (Å²) in [6.45, 7) is -0.581. The maximum atomic E-state index is 12.3. The van der Waals surface area contributed by atoms with Crippen molar-refractivity contribution < 1.29 is 13.5 Å². The Labute approximate surface area is 157 Å². The van der Waals surface area contributed by atoms with Crippen LogP contribution in [0.4, 0.5) is 8.78 Å². The van der Waals surface area contributed by atoms with Crippen molar-refractivity contribution in [3.63, 3.8) is 0 Å². The summed E-state index contributed by atoms with van der Waals surface area (Å²) in [6.07, 6.45) is 2.46. The lowest BCUT2D eigenvalue weighted by Crippen LogP contribution is -2.07. The molecule has 0 fully saturated rings. The highest BCUT2D eigenvalue weighted by Gasteiger charge is 2.15. The summed E-state index contributed by atoms with van der Waals surface area (Å²) in [6, 6.07) is 16.0. The zero-order chi connectivity index (χ0) is 18.4. The van der Waals surface area contributed by atoms with Crippen LogP contribution >= 0.6 is 11.6 Å². The van der Waals surface area contributed by atoms with Crippen molar-refractivity contribution in [2.45, 2.75) is 31.6 Å². The molecule has 0 aliphatic heterocycles. The SMILES string of the molecule is FC(F)COc1ccc(C(CCCCCl)c2ccc3[nH]ccc3c2)cc1. The van der Waals surface area contributed by atoms with E-state index >= 15 is 0 Å². The van der Waals surface area contributed by atoms with Gasteiger partial charge in [0.05, 0.1) is 0 Å². The number of fused-ring (bicyclic) bond motifs is 1. The van der Waals surface area contributed by atoms with Crippen LogP contribution in [0.5, 0.6) is 5.75 Å². The van der Waals surface area contributed by atoms with E-state index in [2.05, 4.69) is 29.2 Å². The molecule has 3 rings (SSSR count). The van der Waals surface area contributed by atoms with Crippen molar-refractivity contribution >= 4 is 22.5 Å². The Balaban J connectivity index is 1.82. The van der Waals surface area contributed by atoms with Gasteiger partial charge in [0.25, 0.3) is 6.43 Å². The van der Waals surface area contributed by atoms with Crippen molar-refractivity contribution in [3.8, 4) is 5.75 Å². The molecule has 0 saturated heterocycles. The third-order valence-corrected chi connectivity index (χ3v) is 4.78. The van der Waals surface area contributed by atoms with Gasteiger partial charge < -0.3 is 9.72 Å². The molecular formula is C21H22ClF2NO. The van der Waals surface area contributed by atoms with Crippen molar-refractivity contribution in [1.29, 1.82) is 0 Å². The number of hydrogen-bond acceptors (Lipinski definition) is 1. The number of alkyl halides is 3. The summed E-state index contributed by atoms with van der Waals surface area (Å²) in [5, 5.41) is 1.18. The van der Waals surface area contributed by atoms with Crippen molar-refractivity contribution in [3.05, 3.63) is 65.9 Å². The second kappa shape index (κ2) is 9.04. The Kier molecular flexibility index (Phi) is 6.51. The highest BCUT2D eigenvalue weighted by Crippen LogP contribution is 2.32. The van der Waals surface area contributed by atoms with Crippen LogP contribution in [0.3, 0.4) is 0 Å². The van der Waals surface area contributed by atoms with E-state index in [4.69, 9.17) is 16.3 Å². The van der Waals surface area contributed by atoms with Gasteiger partial charge in [-0.2, -0.15) is 0 Å². The molecule has 5 heteroatoms. The van der Waals surface area contributed by atoms with Crippen LogP contribution in [0.1, 0.15) is 36.3 Å². The Bertz CT molecular complexity index is 816. The fourth-order valence-corrected chi connectivity index (χ4v) is 3.40. The molecule has 0 saturated carbocycles. The minimum absolute atomic E-state index is 0.238. The standard InChI is InChI=1S/C21H22ClF2NO/c22-11-2-1-3-19(16-6-9-20-17(13-16)10-12-25-20)15-4-7-18(8-5-15)26-14-21(23)24/h4-10,12-13,19,21,25H,1-3,11,14H2. The first-order chi connectivity index (χ1) is 12.7. The normalized spacial score (nSPS) is 12.6. The number of nitrogens with one attached hydrogen (secondary N) is 1. The zero-order valence-corrected chi connectivity index (χ0v) is 15.2. The quantitative estimate of drug-likeness (QED) is 0.341. The molecule has 3 aromatic rings. The number of benzene rings is 2. The molecule has 138 valence electrons. The van der Waals surface area contributed by atoms with Gasteiger partial charge in [-0.25, -0.2) is 8.78 Å². The van der Waals surface area contributed by atoms with Gasteiger partial charge in [-0.05, 0) is 59.7 Å². The largest absolute Gasteiger partial charge is 0.488 e. The fourth-order valence-electron chi connectivity index (χ4n) is 3.21. The second-order valence-corrected chi connectivity index (χ2v) is 6.71.